The number of esters is 1. The molecule has 0 atom stereocenters. The number of thiophene rings is 1. The van der Waals surface area contributed by atoms with Gasteiger partial charge in [-0.1, -0.05) is 20.8 Å². The van der Waals surface area contributed by atoms with Crippen LogP contribution in [-0.4, -0.2) is 25.5 Å². The fourth-order valence-corrected chi connectivity index (χ4v) is 3.58. The molecular formula is C19H24O4S. The quantitative estimate of drug-likeness (QED) is 0.734. The maximum absolute atomic E-state index is 12.4. The van der Waals surface area contributed by atoms with Crippen molar-refractivity contribution in [2.24, 2.45) is 10.8 Å². The van der Waals surface area contributed by atoms with Crippen molar-refractivity contribution in [2.45, 2.75) is 34.6 Å². The van der Waals surface area contributed by atoms with Crippen molar-refractivity contribution in [1.82, 2.24) is 0 Å². The van der Waals surface area contributed by atoms with E-state index in [1.807, 2.05) is 52.8 Å². The molecule has 0 aliphatic heterocycles. The second-order valence-corrected chi connectivity index (χ2v) is 8.64. The zero-order valence-corrected chi connectivity index (χ0v) is 15.9. The third kappa shape index (κ3) is 3.96. The monoisotopic (exact) mass is 348 g/mol. The third-order valence-electron chi connectivity index (χ3n) is 3.78. The van der Waals surface area contributed by atoms with E-state index in [-0.39, 0.29) is 12.4 Å². The van der Waals surface area contributed by atoms with Crippen LogP contribution in [0, 0.1) is 10.8 Å². The Bertz CT molecular complexity index is 765. The molecular weight excluding hydrogens is 324 g/mol. The second-order valence-electron chi connectivity index (χ2n) is 7.55. The summed E-state index contributed by atoms with van der Waals surface area (Å²) < 4.78 is 11.6. The number of ketones is 1. The number of methoxy groups -OCH3 is 1. The van der Waals surface area contributed by atoms with E-state index in [9.17, 15) is 9.59 Å². The minimum atomic E-state index is -0.714. The minimum absolute atomic E-state index is 0.0690. The van der Waals surface area contributed by atoms with Gasteiger partial charge in [0.25, 0.3) is 0 Å². The van der Waals surface area contributed by atoms with Crippen LogP contribution in [0.3, 0.4) is 0 Å². The van der Waals surface area contributed by atoms with E-state index in [0.29, 0.717) is 4.88 Å². The molecule has 1 aromatic heterocycles. The van der Waals surface area contributed by atoms with E-state index in [1.54, 1.807) is 13.2 Å². The maximum atomic E-state index is 12.4. The van der Waals surface area contributed by atoms with Crippen molar-refractivity contribution >= 4 is 33.2 Å². The topological polar surface area (TPSA) is 52.6 Å². The number of carbonyl (C=O) groups is 2. The lowest BCUT2D eigenvalue weighted by Crippen LogP contribution is -2.38. The maximum Gasteiger partial charge on any atom is 0.348 e. The predicted octanol–water partition coefficient (Wildman–Crippen LogP) is 4.71. The van der Waals surface area contributed by atoms with Crippen LogP contribution >= 0.6 is 11.3 Å². The van der Waals surface area contributed by atoms with Gasteiger partial charge in [-0.2, -0.15) is 0 Å². The van der Waals surface area contributed by atoms with Crippen molar-refractivity contribution in [2.75, 3.05) is 13.7 Å². The van der Waals surface area contributed by atoms with E-state index in [0.717, 1.165) is 15.8 Å². The number of carbonyl (C=O) groups excluding carboxylic acids is 2. The Morgan fingerprint density at radius 1 is 1.08 bits per heavy atom. The van der Waals surface area contributed by atoms with Gasteiger partial charge in [0.2, 0.25) is 0 Å². The lowest BCUT2D eigenvalue weighted by molar-refractivity contribution is -0.137. The van der Waals surface area contributed by atoms with E-state index in [2.05, 4.69) is 0 Å². The van der Waals surface area contributed by atoms with Crippen molar-refractivity contribution in [3.63, 3.8) is 0 Å². The highest BCUT2D eigenvalue weighted by Gasteiger charge is 2.37. The van der Waals surface area contributed by atoms with Gasteiger partial charge in [-0.05, 0) is 43.5 Å². The standard InChI is InChI=1S/C19H24O4S/c1-18(2,3)17(21)19(4,5)11-23-16(20)15-10-12-9-13(22-6)7-8-14(12)24-15/h7-10H,11H2,1-6H3. The van der Waals surface area contributed by atoms with Gasteiger partial charge in [-0.15, -0.1) is 11.3 Å². The van der Waals surface area contributed by atoms with Crippen LogP contribution in [0.1, 0.15) is 44.3 Å². The summed E-state index contributed by atoms with van der Waals surface area (Å²) >= 11 is 1.37. The molecule has 0 bridgehead atoms. The summed E-state index contributed by atoms with van der Waals surface area (Å²) in [5.41, 5.74) is -1.18. The summed E-state index contributed by atoms with van der Waals surface area (Å²) in [6.45, 7) is 9.31. The van der Waals surface area contributed by atoms with Gasteiger partial charge < -0.3 is 9.47 Å². The molecule has 5 heteroatoms. The first-order chi connectivity index (χ1) is 11.0. The minimum Gasteiger partial charge on any atom is -0.497 e. The molecule has 0 saturated carbocycles. The average Bonchev–Trinajstić information content (AvgIpc) is 2.93. The molecule has 1 heterocycles. The van der Waals surface area contributed by atoms with Gasteiger partial charge in [0.05, 0.1) is 12.5 Å². The number of hydrogen-bond donors (Lipinski definition) is 0. The molecule has 4 nitrogen and oxygen atoms in total. The molecule has 0 fully saturated rings. The molecule has 0 N–H and O–H groups in total. The molecule has 2 aromatic rings. The van der Waals surface area contributed by atoms with Crippen LogP contribution in [-0.2, 0) is 9.53 Å². The number of ether oxygens (including phenoxy) is 2. The Morgan fingerprint density at radius 3 is 2.33 bits per heavy atom. The van der Waals surface area contributed by atoms with Crippen LogP contribution in [0.5, 0.6) is 5.75 Å². The first kappa shape index (κ1) is 18.5. The van der Waals surface area contributed by atoms with E-state index < -0.39 is 16.8 Å². The molecule has 0 spiro atoms. The summed E-state index contributed by atoms with van der Waals surface area (Å²) in [7, 11) is 1.61. The molecule has 1 aromatic carbocycles. The Hall–Kier alpha value is -1.88. The van der Waals surface area contributed by atoms with Crippen LogP contribution in [0.4, 0.5) is 0 Å². The first-order valence-electron chi connectivity index (χ1n) is 7.84. The predicted molar refractivity (Wildman–Crippen MR) is 96.9 cm³/mol. The largest absolute Gasteiger partial charge is 0.497 e. The number of Topliss-reactive ketones (excluding diaryl/α,β-unsaturated/α-hetero) is 1. The smallest absolute Gasteiger partial charge is 0.348 e. The Labute approximate surface area is 146 Å². The summed E-state index contributed by atoms with van der Waals surface area (Å²) in [5, 5.41) is 0.941. The normalized spacial score (nSPS) is 12.2. The van der Waals surface area contributed by atoms with Gasteiger partial charge in [-0.25, -0.2) is 4.79 Å². The molecule has 130 valence electrons. The lowest BCUT2D eigenvalue weighted by atomic mass is 9.75. The summed E-state index contributed by atoms with van der Waals surface area (Å²) in [6.07, 6.45) is 0. The third-order valence-corrected chi connectivity index (χ3v) is 4.88. The van der Waals surface area contributed by atoms with Gasteiger partial charge in [0.15, 0.2) is 0 Å². The average molecular weight is 348 g/mol. The van der Waals surface area contributed by atoms with E-state index in [1.165, 1.54) is 11.3 Å². The highest BCUT2D eigenvalue weighted by molar-refractivity contribution is 7.20. The molecule has 0 radical (unpaired) electrons. The Kier molecular flexibility index (Phi) is 5.04. The SMILES string of the molecule is COc1ccc2sc(C(=O)OCC(C)(C)C(=O)C(C)(C)C)cc2c1. The highest BCUT2D eigenvalue weighted by Crippen LogP contribution is 2.32. The summed E-state index contributed by atoms with van der Waals surface area (Å²) in [5.74, 6) is 0.422. The summed E-state index contributed by atoms with van der Waals surface area (Å²) in [4.78, 5) is 25.3. The number of hydrogen-bond acceptors (Lipinski definition) is 5. The number of benzene rings is 1. The van der Waals surface area contributed by atoms with Gasteiger partial charge >= 0.3 is 5.97 Å². The van der Waals surface area contributed by atoms with E-state index in [4.69, 9.17) is 9.47 Å². The van der Waals surface area contributed by atoms with E-state index >= 15 is 0 Å². The lowest BCUT2D eigenvalue weighted by Gasteiger charge is -2.30. The molecule has 0 aliphatic carbocycles. The van der Waals surface area contributed by atoms with Crippen molar-refractivity contribution in [3.8, 4) is 5.75 Å². The van der Waals surface area contributed by atoms with Crippen LogP contribution < -0.4 is 4.74 Å². The molecule has 24 heavy (non-hydrogen) atoms. The van der Waals surface area contributed by atoms with Gasteiger partial charge in [0.1, 0.15) is 23.0 Å². The van der Waals surface area contributed by atoms with Gasteiger partial charge in [-0.3, -0.25) is 4.79 Å². The molecule has 0 saturated heterocycles. The van der Waals surface area contributed by atoms with Crippen molar-refractivity contribution in [3.05, 3.63) is 29.1 Å². The first-order valence-corrected chi connectivity index (χ1v) is 8.66. The second kappa shape index (κ2) is 6.55. The zero-order valence-electron chi connectivity index (χ0n) is 15.1. The van der Waals surface area contributed by atoms with Crippen LogP contribution in [0.25, 0.3) is 10.1 Å². The summed E-state index contributed by atoms with van der Waals surface area (Å²) in [6, 6.07) is 7.46. The highest BCUT2D eigenvalue weighted by atomic mass is 32.1. The number of rotatable bonds is 5. The molecule has 0 aliphatic rings. The van der Waals surface area contributed by atoms with Crippen LogP contribution in [0.2, 0.25) is 0 Å². The zero-order chi connectivity index (χ0) is 18.1. The molecule has 0 unspecified atom stereocenters. The van der Waals surface area contributed by atoms with Crippen molar-refractivity contribution < 1.29 is 19.1 Å². The fraction of sp³-hybridized carbons (Fsp3) is 0.474. The molecule has 0 amide bonds. The Morgan fingerprint density at radius 2 is 1.75 bits per heavy atom. The van der Waals surface area contributed by atoms with Crippen molar-refractivity contribution in [1.29, 1.82) is 0 Å². The Balaban J connectivity index is 2.11. The fourth-order valence-electron chi connectivity index (χ4n) is 2.65. The molecule has 2 rings (SSSR count). The number of fused-ring (bicyclic) bond motifs is 1. The van der Waals surface area contributed by atoms with Gasteiger partial charge in [0, 0.05) is 10.1 Å². The van der Waals surface area contributed by atoms with Crippen LogP contribution in [0.15, 0.2) is 24.3 Å².